The summed E-state index contributed by atoms with van der Waals surface area (Å²) in [5.74, 6) is 1.38. The molecule has 3 nitrogen and oxygen atoms in total. The van der Waals surface area contributed by atoms with E-state index in [1.807, 2.05) is 0 Å². The first kappa shape index (κ1) is 15.0. The summed E-state index contributed by atoms with van der Waals surface area (Å²) >= 11 is 1.75. The number of hydrogen-bond donors (Lipinski definition) is 1. The van der Waals surface area contributed by atoms with E-state index in [9.17, 15) is 4.79 Å². The number of amides is 1. The fourth-order valence-corrected chi connectivity index (χ4v) is 4.29. The first-order valence-corrected chi connectivity index (χ1v) is 9.13. The molecule has 4 heteroatoms. The van der Waals surface area contributed by atoms with Gasteiger partial charge < -0.3 is 4.90 Å². The Morgan fingerprint density at radius 2 is 2.19 bits per heavy atom. The number of nitrogens with one attached hydrogen (secondary N) is 1. The fourth-order valence-electron chi connectivity index (χ4n) is 3.50. The molecule has 1 saturated carbocycles. The second-order valence-corrected chi connectivity index (χ2v) is 7.60. The van der Waals surface area contributed by atoms with E-state index in [-0.39, 0.29) is 12.2 Å². The molecule has 0 spiro atoms. The van der Waals surface area contributed by atoms with Crippen molar-refractivity contribution in [3.63, 3.8) is 0 Å². The summed E-state index contributed by atoms with van der Waals surface area (Å²) in [6.07, 6.45) is 4.98. The highest BCUT2D eigenvalue weighted by molar-refractivity contribution is 7.10. The molecule has 2 aliphatic rings. The lowest BCUT2D eigenvalue weighted by molar-refractivity contribution is -0.134. The van der Waals surface area contributed by atoms with Gasteiger partial charge in [-0.15, -0.1) is 11.3 Å². The minimum atomic E-state index is -0.0235. The smallest absolute Gasteiger partial charge is 0.241 e. The monoisotopic (exact) mass is 306 g/mol. The van der Waals surface area contributed by atoms with Crippen LogP contribution in [0.25, 0.3) is 0 Å². The summed E-state index contributed by atoms with van der Waals surface area (Å²) < 4.78 is 0. The van der Waals surface area contributed by atoms with Gasteiger partial charge in [0, 0.05) is 10.9 Å². The third-order valence-electron chi connectivity index (χ3n) is 5.43. The molecule has 4 atom stereocenters. The Morgan fingerprint density at radius 3 is 2.71 bits per heavy atom. The Hall–Kier alpha value is -0.870. The predicted octanol–water partition coefficient (Wildman–Crippen LogP) is 3.78. The molecule has 3 rings (SSSR count). The zero-order chi connectivity index (χ0) is 15.0. The summed E-state index contributed by atoms with van der Waals surface area (Å²) in [6, 6.07) is 4.55. The standard InChI is InChI=1S/C17H26N2OS/c1-4-11(2)15-17(20)19(12(3)13-7-5-8-13)16(18-15)14-9-6-10-21-14/h6,9-13,15-16,18H,4-5,7-8H2,1-3H3. The average Bonchev–Trinajstić information content (AvgIpc) is 3.02. The average molecular weight is 306 g/mol. The molecule has 0 aromatic carbocycles. The summed E-state index contributed by atoms with van der Waals surface area (Å²) in [7, 11) is 0. The van der Waals surface area contributed by atoms with Crippen molar-refractivity contribution in [3.05, 3.63) is 22.4 Å². The molecule has 2 heterocycles. The molecule has 1 aromatic rings. The van der Waals surface area contributed by atoms with Gasteiger partial charge in [0.15, 0.2) is 0 Å². The molecule has 1 amide bonds. The van der Waals surface area contributed by atoms with Crippen LogP contribution in [-0.2, 0) is 4.79 Å². The molecule has 1 aromatic heterocycles. The molecule has 4 unspecified atom stereocenters. The maximum absolute atomic E-state index is 13.0. The lowest BCUT2D eigenvalue weighted by Crippen LogP contribution is -2.45. The van der Waals surface area contributed by atoms with E-state index in [1.54, 1.807) is 11.3 Å². The molecular formula is C17H26N2OS. The number of thiophene rings is 1. The van der Waals surface area contributed by atoms with Crippen LogP contribution in [0, 0.1) is 11.8 Å². The van der Waals surface area contributed by atoms with Crippen molar-refractivity contribution < 1.29 is 4.79 Å². The van der Waals surface area contributed by atoms with Gasteiger partial charge in [0.2, 0.25) is 5.91 Å². The van der Waals surface area contributed by atoms with Crippen LogP contribution in [-0.4, -0.2) is 22.9 Å². The highest BCUT2D eigenvalue weighted by Gasteiger charge is 2.46. The molecule has 1 aliphatic heterocycles. The van der Waals surface area contributed by atoms with Gasteiger partial charge in [0.05, 0.1) is 6.04 Å². The van der Waals surface area contributed by atoms with Crippen molar-refractivity contribution >= 4 is 17.2 Å². The molecule has 2 fully saturated rings. The lowest BCUT2D eigenvalue weighted by Gasteiger charge is -2.39. The Labute approximate surface area is 131 Å². The number of hydrogen-bond acceptors (Lipinski definition) is 3. The van der Waals surface area contributed by atoms with E-state index in [0.717, 1.165) is 6.42 Å². The van der Waals surface area contributed by atoms with Crippen LogP contribution in [0.1, 0.15) is 57.5 Å². The molecular weight excluding hydrogens is 280 g/mol. The Morgan fingerprint density at radius 1 is 1.43 bits per heavy atom. The highest BCUT2D eigenvalue weighted by atomic mass is 32.1. The van der Waals surface area contributed by atoms with Crippen molar-refractivity contribution in [3.8, 4) is 0 Å². The van der Waals surface area contributed by atoms with Crippen LogP contribution < -0.4 is 5.32 Å². The maximum Gasteiger partial charge on any atom is 0.241 e. The SMILES string of the molecule is CCC(C)C1NC(c2cccs2)N(C(C)C2CCC2)C1=O. The molecule has 21 heavy (non-hydrogen) atoms. The fraction of sp³-hybridized carbons (Fsp3) is 0.706. The first-order chi connectivity index (χ1) is 10.1. The minimum absolute atomic E-state index is 0.0235. The van der Waals surface area contributed by atoms with Crippen LogP contribution in [0.3, 0.4) is 0 Å². The number of carbonyl (C=O) groups is 1. The van der Waals surface area contributed by atoms with E-state index in [1.165, 1.54) is 24.1 Å². The number of nitrogens with zero attached hydrogens (tertiary/aromatic N) is 1. The van der Waals surface area contributed by atoms with Crippen molar-refractivity contribution in [2.45, 2.75) is 64.7 Å². The molecule has 116 valence electrons. The van der Waals surface area contributed by atoms with Gasteiger partial charge in [-0.1, -0.05) is 32.8 Å². The highest BCUT2D eigenvalue weighted by Crippen LogP contribution is 2.39. The first-order valence-electron chi connectivity index (χ1n) is 8.25. The van der Waals surface area contributed by atoms with Crippen molar-refractivity contribution in [2.75, 3.05) is 0 Å². The molecule has 1 N–H and O–H groups in total. The molecule has 0 radical (unpaired) electrons. The van der Waals surface area contributed by atoms with Gasteiger partial charge in [0.1, 0.15) is 6.17 Å². The van der Waals surface area contributed by atoms with Crippen molar-refractivity contribution in [1.82, 2.24) is 10.2 Å². The topological polar surface area (TPSA) is 32.3 Å². The normalized spacial score (nSPS) is 29.5. The summed E-state index contributed by atoms with van der Waals surface area (Å²) in [6.45, 7) is 6.58. The van der Waals surface area contributed by atoms with Crippen LogP contribution in [0.4, 0.5) is 0 Å². The molecule has 1 saturated heterocycles. The van der Waals surface area contributed by atoms with Gasteiger partial charge in [-0.25, -0.2) is 0 Å². The number of carbonyl (C=O) groups excluding carboxylic acids is 1. The Bertz CT molecular complexity index is 483. The zero-order valence-corrected chi connectivity index (χ0v) is 14.0. The third kappa shape index (κ3) is 2.64. The van der Waals surface area contributed by atoms with E-state index in [4.69, 9.17) is 0 Å². The second-order valence-electron chi connectivity index (χ2n) is 6.62. The van der Waals surface area contributed by atoms with Gasteiger partial charge in [-0.05, 0) is 43.0 Å². The van der Waals surface area contributed by atoms with E-state index < -0.39 is 0 Å². The lowest BCUT2D eigenvalue weighted by atomic mass is 9.79. The van der Waals surface area contributed by atoms with E-state index >= 15 is 0 Å². The van der Waals surface area contributed by atoms with Crippen molar-refractivity contribution in [1.29, 1.82) is 0 Å². The zero-order valence-electron chi connectivity index (χ0n) is 13.2. The van der Waals surface area contributed by atoms with Crippen LogP contribution in [0.2, 0.25) is 0 Å². The largest absolute Gasteiger partial charge is 0.318 e. The quantitative estimate of drug-likeness (QED) is 0.898. The maximum atomic E-state index is 13.0. The van der Waals surface area contributed by atoms with Crippen LogP contribution >= 0.6 is 11.3 Å². The van der Waals surface area contributed by atoms with Crippen molar-refractivity contribution in [2.24, 2.45) is 11.8 Å². The third-order valence-corrected chi connectivity index (χ3v) is 6.36. The summed E-state index contributed by atoms with van der Waals surface area (Å²) in [5.41, 5.74) is 0. The summed E-state index contributed by atoms with van der Waals surface area (Å²) in [5, 5.41) is 5.72. The summed E-state index contributed by atoms with van der Waals surface area (Å²) in [4.78, 5) is 16.4. The molecule has 0 bridgehead atoms. The predicted molar refractivity (Wildman–Crippen MR) is 87.1 cm³/mol. The Balaban J connectivity index is 1.86. The van der Waals surface area contributed by atoms with Crippen LogP contribution in [0.15, 0.2) is 17.5 Å². The second kappa shape index (κ2) is 6.09. The van der Waals surface area contributed by atoms with Crippen LogP contribution in [0.5, 0.6) is 0 Å². The van der Waals surface area contributed by atoms with E-state index in [0.29, 0.717) is 23.8 Å². The van der Waals surface area contributed by atoms with Gasteiger partial charge in [-0.2, -0.15) is 0 Å². The Kier molecular flexibility index (Phi) is 4.36. The molecule has 1 aliphatic carbocycles. The van der Waals surface area contributed by atoms with E-state index in [2.05, 4.69) is 48.5 Å². The minimum Gasteiger partial charge on any atom is -0.318 e. The van der Waals surface area contributed by atoms with Gasteiger partial charge >= 0.3 is 0 Å². The van der Waals surface area contributed by atoms with Gasteiger partial charge in [-0.3, -0.25) is 10.1 Å². The van der Waals surface area contributed by atoms with Gasteiger partial charge in [0.25, 0.3) is 0 Å². The number of rotatable bonds is 5.